The van der Waals surface area contributed by atoms with Crippen molar-refractivity contribution in [2.24, 2.45) is 0 Å². The summed E-state index contributed by atoms with van der Waals surface area (Å²) in [7, 11) is 3.50. The molecule has 6 rings (SSSR count). The van der Waals surface area contributed by atoms with Crippen LogP contribution in [0.1, 0.15) is 44.6 Å². The smallest absolute Gasteiger partial charge is 0.274 e. The summed E-state index contributed by atoms with van der Waals surface area (Å²) >= 11 is 0. The molecule has 2 aromatic heterocycles. The van der Waals surface area contributed by atoms with Gasteiger partial charge in [0.15, 0.2) is 5.69 Å². The molecular formula is C42H47FN8O5. The van der Waals surface area contributed by atoms with E-state index in [9.17, 15) is 23.6 Å². The number of nitrogens with two attached hydrogens (primary N) is 1. The molecule has 292 valence electrons. The molecule has 3 heterocycles. The van der Waals surface area contributed by atoms with Gasteiger partial charge in [-0.3, -0.25) is 24.1 Å². The lowest BCUT2D eigenvalue weighted by atomic mass is 10.0. The van der Waals surface area contributed by atoms with Crippen LogP contribution in [0.2, 0.25) is 0 Å². The summed E-state index contributed by atoms with van der Waals surface area (Å²) in [5.41, 5.74) is 10.8. The van der Waals surface area contributed by atoms with Crippen molar-refractivity contribution in [2.45, 2.75) is 19.8 Å². The van der Waals surface area contributed by atoms with E-state index in [1.807, 2.05) is 36.2 Å². The number of fused-ring (bicyclic) bond motifs is 1. The second-order valence-electron chi connectivity index (χ2n) is 14.0. The molecule has 0 saturated carbocycles. The zero-order valence-electron chi connectivity index (χ0n) is 32.0. The van der Waals surface area contributed by atoms with Crippen molar-refractivity contribution in [1.82, 2.24) is 34.8 Å². The van der Waals surface area contributed by atoms with Crippen LogP contribution in [0, 0.1) is 5.82 Å². The van der Waals surface area contributed by atoms with Gasteiger partial charge in [0.2, 0.25) is 5.91 Å². The zero-order valence-corrected chi connectivity index (χ0v) is 32.0. The third kappa shape index (κ3) is 9.44. The Morgan fingerprint density at radius 3 is 2.36 bits per heavy atom. The number of carbonyl (C=O) groups excluding carboxylic acids is 3. The van der Waals surface area contributed by atoms with Crippen LogP contribution in [0.4, 0.5) is 10.1 Å². The lowest BCUT2D eigenvalue weighted by Crippen LogP contribution is -2.52. The van der Waals surface area contributed by atoms with Gasteiger partial charge in [-0.2, -0.15) is 5.10 Å². The van der Waals surface area contributed by atoms with E-state index in [0.717, 1.165) is 17.5 Å². The number of benzene rings is 3. The van der Waals surface area contributed by atoms with Crippen molar-refractivity contribution in [3.8, 4) is 11.1 Å². The van der Waals surface area contributed by atoms with E-state index >= 15 is 0 Å². The molecule has 56 heavy (non-hydrogen) atoms. The second-order valence-corrected chi connectivity index (χ2v) is 14.0. The highest BCUT2D eigenvalue weighted by molar-refractivity contribution is 5.98. The highest BCUT2D eigenvalue weighted by Gasteiger charge is 2.27. The molecule has 1 aliphatic rings. The molecule has 14 heteroatoms. The summed E-state index contributed by atoms with van der Waals surface area (Å²) < 4.78 is 20.7. The quantitative estimate of drug-likeness (QED) is 0.160. The molecule has 5 aromatic rings. The Hall–Kier alpha value is -5.99. The summed E-state index contributed by atoms with van der Waals surface area (Å²) in [5.74, 6) is -1.44. The molecule has 0 bridgehead atoms. The molecule has 0 radical (unpaired) electrons. The molecule has 1 saturated heterocycles. The number of nitrogen functional groups attached to an aromatic ring is 1. The van der Waals surface area contributed by atoms with Crippen LogP contribution in [0.5, 0.6) is 0 Å². The highest BCUT2D eigenvalue weighted by atomic mass is 19.1. The molecule has 0 unspecified atom stereocenters. The number of anilines is 1. The van der Waals surface area contributed by atoms with E-state index in [1.54, 1.807) is 47.3 Å². The van der Waals surface area contributed by atoms with Gasteiger partial charge < -0.3 is 25.2 Å². The van der Waals surface area contributed by atoms with Gasteiger partial charge in [0, 0.05) is 69.9 Å². The van der Waals surface area contributed by atoms with E-state index in [4.69, 9.17) is 10.5 Å². The second kappa shape index (κ2) is 18.1. The first kappa shape index (κ1) is 39.7. The normalized spacial score (nSPS) is 13.0. The minimum Gasteiger partial charge on any atom is -0.397 e. The van der Waals surface area contributed by atoms with Crippen LogP contribution in [0.15, 0.2) is 83.8 Å². The van der Waals surface area contributed by atoms with Crippen LogP contribution in [-0.2, 0) is 22.4 Å². The lowest BCUT2D eigenvalue weighted by Gasteiger charge is -2.35. The fraction of sp³-hybridized carbons (Fsp3) is 0.333. The third-order valence-electron chi connectivity index (χ3n) is 10.1. The lowest BCUT2D eigenvalue weighted by molar-refractivity contribution is -0.133. The number of nitrogens with zero attached hydrogens (tertiary/aromatic N) is 6. The molecule has 1 aliphatic heterocycles. The number of hydrogen-bond donors (Lipinski definition) is 2. The van der Waals surface area contributed by atoms with Gasteiger partial charge in [-0.15, -0.1) is 0 Å². The number of likely N-dealkylation sites (N-methyl/N-ethyl adjacent to an activating group) is 2. The van der Waals surface area contributed by atoms with E-state index < -0.39 is 11.7 Å². The molecule has 13 nitrogen and oxygen atoms in total. The van der Waals surface area contributed by atoms with Gasteiger partial charge in [0.1, 0.15) is 5.82 Å². The number of piperazine rings is 1. The van der Waals surface area contributed by atoms with Gasteiger partial charge in [0.25, 0.3) is 17.4 Å². The first-order valence-electron chi connectivity index (χ1n) is 18.7. The van der Waals surface area contributed by atoms with E-state index in [0.29, 0.717) is 73.5 Å². The Labute approximate surface area is 324 Å². The van der Waals surface area contributed by atoms with Gasteiger partial charge in [0.05, 0.1) is 42.1 Å². The van der Waals surface area contributed by atoms with Crippen LogP contribution in [0.25, 0.3) is 21.9 Å². The summed E-state index contributed by atoms with van der Waals surface area (Å²) in [6.07, 6.45) is 2.88. The Morgan fingerprint density at radius 1 is 0.875 bits per heavy atom. The number of carbonyl (C=O) groups is 3. The fourth-order valence-electron chi connectivity index (χ4n) is 6.68. The molecular weight excluding hydrogens is 716 g/mol. The molecule has 0 atom stereocenters. The Kier molecular flexibility index (Phi) is 12.8. The van der Waals surface area contributed by atoms with Crippen molar-refractivity contribution in [3.63, 3.8) is 0 Å². The zero-order chi connectivity index (χ0) is 39.8. The van der Waals surface area contributed by atoms with Crippen LogP contribution in [0.3, 0.4) is 0 Å². The van der Waals surface area contributed by atoms with Crippen molar-refractivity contribution >= 4 is 34.2 Å². The third-order valence-corrected chi connectivity index (χ3v) is 10.1. The highest BCUT2D eigenvalue weighted by Crippen LogP contribution is 2.24. The average molecular weight is 763 g/mol. The first-order chi connectivity index (χ1) is 27.0. The maximum atomic E-state index is 14.9. The SMILES string of the molecule is CCc1cccc(-c2cnc(C(=O)N(C)CCOCCN(C)CC(=O)N3CCN(C(=O)c4cc(Cc5n[nH]c(=O)c6ccccc56)ccc4F)CC3)c(N)c2)c1. The summed E-state index contributed by atoms with van der Waals surface area (Å²) in [6, 6.07) is 21.4. The number of halogens is 1. The topological polar surface area (TPSA) is 158 Å². The maximum absolute atomic E-state index is 14.9. The predicted molar refractivity (Wildman–Crippen MR) is 213 cm³/mol. The Balaban J connectivity index is 0.911. The fourth-order valence-corrected chi connectivity index (χ4v) is 6.68. The summed E-state index contributed by atoms with van der Waals surface area (Å²) in [6.45, 7) is 4.97. The first-order valence-corrected chi connectivity index (χ1v) is 18.7. The van der Waals surface area contributed by atoms with Crippen LogP contribution in [-0.4, -0.2) is 126 Å². The largest absolute Gasteiger partial charge is 0.397 e. The summed E-state index contributed by atoms with van der Waals surface area (Å²) in [4.78, 5) is 62.8. The molecule has 1 fully saturated rings. The minimum absolute atomic E-state index is 0.0463. The maximum Gasteiger partial charge on any atom is 0.274 e. The number of aromatic nitrogens is 3. The van der Waals surface area contributed by atoms with E-state index in [-0.39, 0.29) is 48.3 Å². The van der Waals surface area contributed by atoms with Crippen molar-refractivity contribution in [1.29, 1.82) is 0 Å². The predicted octanol–water partition coefficient (Wildman–Crippen LogP) is 3.86. The van der Waals surface area contributed by atoms with Gasteiger partial charge in [-0.1, -0.05) is 55.5 Å². The molecule has 3 aromatic carbocycles. The molecule has 0 spiro atoms. The Bertz CT molecular complexity index is 2270. The number of pyridine rings is 1. The molecule has 3 N–H and O–H groups in total. The van der Waals surface area contributed by atoms with Gasteiger partial charge >= 0.3 is 0 Å². The number of amides is 3. The van der Waals surface area contributed by atoms with Gasteiger partial charge in [-0.05, 0) is 54.4 Å². The van der Waals surface area contributed by atoms with Crippen molar-refractivity contribution < 1.29 is 23.5 Å². The van der Waals surface area contributed by atoms with Crippen LogP contribution >= 0.6 is 0 Å². The Morgan fingerprint density at radius 2 is 1.61 bits per heavy atom. The number of nitrogens with one attached hydrogen (secondary N) is 1. The molecule has 3 amide bonds. The molecule has 0 aliphatic carbocycles. The van der Waals surface area contributed by atoms with E-state index in [1.165, 1.54) is 22.6 Å². The monoisotopic (exact) mass is 762 g/mol. The number of aryl methyl sites for hydroxylation is 1. The number of rotatable bonds is 14. The average Bonchev–Trinajstić information content (AvgIpc) is 3.22. The number of hydrogen-bond acceptors (Lipinski definition) is 9. The number of aromatic amines is 1. The summed E-state index contributed by atoms with van der Waals surface area (Å²) in [5, 5.41) is 7.91. The standard InChI is InChI=1S/C42H47FN8O5/c1-4-28-8-7-9-30(22-28)31-25-36(44)39(45-26-31)42(55)49(3)19-21-56-20-18-48(2)27-38(52)50-14-16-51(17-15-50)41(54)34-23-29(12-13-35(34)43)24-37-32-10-5-6-11-33(32)40(53)47-46-37/h5-13,22-23,25-26H,4,14-21,24,27,44H2,1-3H3,(H,47,53). The van der Waals surface area contributed by atoms with Crippen LogP contribution < -0.4 is 11.3 Å². The van der Waals surface area contributed by atoms with Gasteiger partial charge in [-0.25, -0.2) is 14.5 Å². The van der Waals surface area contributed by atoms with E-state index in [2.05, 4.69) is 34.2 Å². The number of H-pyrrole nitrogens is 1. The number of ether oxygens (including phenoxy) is 1. The van der Waals surface area contributed by atoms with Crippen molar-refractivity contribution in [3.05, 3.63) is 123 Å². The minimum atomic E-state index is -0.625. The van der Waals surface area contributed by atoms with Crippen molar-refractivity contribution in [2.75, 3.05) is 78.9 Å².